The van der Waals surface area contributed by atoms with Gasteiger partial charge in [-0.15, -0.1) is 6.61 Å². The SMILES string of the molecule is [O-2].[O-]CCNCCN=Cc1c([O-])cccc1Cl.[OH-].[V]. The van der Waals surface area contributed by atoms with Crippen molar-refractivity contribution in [3.8, 4) is 5.75 Å². The van der Waals surface area contributed by atoms with Gasteiger partial charge in [-0.2, -0.15) is 0 Å². The van der Waals surface area contributed by atoms with Gasteiger partial charge in [0.1, 0.15) is 0 Å². The molecule has 1 aromatic carbocycles. The average molecular weight is 325 g/mol. The van der Waals surface area contributed by atoms with Gasteiger partial charge in [-0.3, -0.25) is 4.99 Å². The minimum Gasteiger partial charge on any atom is -2.00 e. The maximum atomic E-state index is 11.4. The van der Waals surface area contributed by atoms with Gasteiger partial charge in [0.2, 0.25) is 0 Å². The van der Waals surface area contributed by atoms with E-state index in [4.69, 9.17) is 11.6 Å². The number of hydrogen-bond acceptors (Lipinski definition) is 5. The van der Waals surface area contributed by atoms with Gasteiger partial charge in [0.25, 0.3) is 0 Å². The monoisotopic (exact) mass is 324 g/mol. The van der Waals surface area contributed by atoms with Crippen molar-refractivity contribution in [3.05, 3.63) is 28.8 Å². The molecule has 0 bridgehead atoms. The summed E-state index contributed by atoms with van der Waals surface area (Å²) in [6, 6.07) is 4.71. The maximum absolute atomic E-state index is 11.4. The minimum atomic E-state index is -0.140. The van der Waals surface area contributed by atoms with Crippen LogP contribution in [0.5, 0.6) is 5.75 Å². The van der Waals surface area contributed by atoms with Crippen molar-refractivity contribution in [3.63, 3.8) is 0 Å². The van der Waals surface area contributed by atoms with Crippen LogP contribution in [0.3, 0.4) is 0 Å². The number of nitrogens with zero attached hydrogens (tertiary/aromatic N) is 1. The molecule has 0 aromatic heterocycles. The van der Waals surface area contributed by atoms with Crippen LogP contribution in [0, 0.1) is 0 Å². The molecule has 1 radical (unpaired) electrons. The average Bonchev–Trinajstić information content (AvgIpc) is 2.26. The summed E-state index contributed by atoms with van der Waals surface area (Å²) in [4.78, 5) is 4.06. The second kappa shape index (κ2) is 13.8. The molecule has 0 spiro atoms. The molecule has 0 aliphatic heterocycles. The summed E-state index contributed by atoms with van der Waals surface area (Å²) in [6.07, 6.45) is 1.48. The summed E-state index contributed by atoms with van der Waals surface area (Å²) < 4.78 is 0. The zero-order valence-electron chi connectivity index (χ0n) is 10.1. The van der Waals surface area contributed by atoms with Crippen molar-refractivity contribution < 1.29 is 39.7 Å². The molecule has 0 unspecified atom stereocenters. The summed E-state index contributed by atoms with van der Waals surface area (Å²) >= 11 is 5.84. The molecule has 6 nitrogen and oxygen atoms in total. The predicted octanol–water partition coefficient (Wildman–Crippen LogP) is -0.516. The maximum Gasteiger partial charge on any atom is 0.0514 e. The Labute approximate surface area is 129 Å². The van der Waals surface area contributed by atoms with Crippen molar-refractivity contribution >= 4 is 17.8 Å². The fourth-order valence-electron chi connectivity index (χ4n) is 1.14. The fraction of sp³-hybridized carbons (Fsp3) is 0.364. The van der Waals surface area contributed by atoms with E-state index in [0.29, 0.717) is 30.2 Å². The Hall–Kier alpha value is -0.596. The molecule has 8 heteroatoms. The van der Waals surface area contributed by atoms with Crippen LogP contribution in [0.1, 0.15) is 5.56 Å². The summed E-state index contributed by atoms with van der Waals surface area (Å²) in [7, 11) is 0. The molecule has 0 amide bonds. The second-order valence-corrected chi connectivity index (χ2v) is 3.55. The molecule has 0 heterocycles. The first-order valence-electron chi connectivity index (χ1n) is 5.00. The molecule has 0 atom stereocenters. The van der Waals surface area contributed by atoms with Gasteiger partial charge in [0.15, 0.2) is 0 Å². The van der Waals surface area contributed by atoms with E-state index in [1.165, 1.54) is 12.3 Å². The molecular weight excluding hydrogens is 311 g/mol. The zero-order valence-corrected chi connectivity index (χ0v) is 12.2. The largest absolute Gasteiger partial charge is 2.00 e. The fourth-order valence-corrected chi connectivity index (χ4v) is 1.35. The molecule has 109 valence electrons. The Morgan fingerprint density at radius 3 is 2.58 bits per heavy atom. The first-order chi connectivity index (χ1) is 7.75. The molecule has 2 N–H and O–H groups in total. The van der Waals surface area contributed by atoms with E-state index in [1.54, 1.807) is 12.1 Å². The molecule has 0 saturated carbocycles. The normalized spacial score (nSPS) is 9.37. The third kappa shape index (κ3) is 9.01. The van der Waals surface area contributed by atoms with Gasteiger partial charge < -0.3 is 26.5 Å². The summed E-state index contributed by atoms with van der Waals surface area (Å²) in [5, 5.41) is 24.8. The molecule has 19 heavy (non-hydrogen) atoms. The topological polar surface area (TPSA) is 129 Å². The zero-order chi connectivity index (χ0) is 11.8. The number of halogens is 1. The summed E-state index contributed by atoms with van der Waals surface area (Å²) in [5.74, 6) is -0.135. The van der Waals surface area contributed by atoms with Gasteiger partial charge in [0, 0.05) is 41.9 Å². The third-order valence-corrected chi connectivity index (χ3v) is 2.26. The van der Waals surface area contributed by atoms with Crippen LogP contribution in [0.15, 0.2) is 23.2 Å². The van der Waals surface area contributed by atoms with Crippen molar-refractivity contribution in [2.75, 3.05) is 26.2 Å². The van der Waals surface area contributed by atoms with Crippen molar-refractivity contribution in [1.82, 2.24) is 5.32 Å². The molecule has 0 fully saturated rings. The van der Waals surface area contributed by atoms with Crippen LogP contribution in [-0.2, 0) is 24.0 Å². The van der Waals surface area contributed by atoms with Crippen LogP contribution in [0.25, 0.3) is 0 Å². The van der Waals surface area contributed by atoms with Crippen LogP contribution < -0.4 is 15.5 Å². The molecule has 0 aliphatic carbocycles. The smallest absolute Gasteiger partial charge is 0.0514 e. The number of aliphatic imine (C=N–C) groups is 1. The Kier molecular flexibility index (Phi) is 17.1. The Bertz CT molecular complexity index is 346. The number of hydrogen-bond donors (Lipinski definition) is 1. The van der Waals surface area contributed by atoms with Crippen LogP contribution >= 0.6 is 11.6 Å². The van der Waals surface area contributed by atoms with E-state index in [2.05, 4.69) is 10.3 Å². The Morgan fingerprint density at radius 2 is 2.00 bits per heavy atom. The van der Waals surface area contributed by atoms with Crippen molar-refractivity contribution in [2.24, 2.45) is 4.99 Å². The minimum absolute atomic E-state index is 0. The van der Waals surface area contributed by atoms with E-state index >= 15 is 0 Å². The van der Waals surface area contributed by atoms with Gasteiger partial charge in [-0.1, -0.05) is 29.5 Å². The standard InChI is InChI=1S/C11H14ClN2O2.H2O.O.V/c12-10-2-1-3-11(16)9(10)8-14-5-4-13-6-7-15;;;/h1-3,8,13,16H,4-7H2;1H2;;/q-1;;-2;/p-2. The van der Waals surface area contributed by atoms with Crippen LogP contribution in [0.2, 0.25) is 5.02 Å². The third-order valence-electron chi connectivity index (χ3n) is 1.93. The van der Waals surface area contributed by atoms with Gasteiger partial charge in [0.05, 0.1) is 6.54 Å². The molecule has 1 rings (SSSR count). The predicted molar refractivity (Wildman–Crippen MR) is 63.7 cm³/mol. The van der Waals surface area contributed by atoms with Crippen LogP contribution in [0.4, 0.5) is 0 Å². The van der Waals surface area contributed by atoms with E-state index in [0.717, 1.165) is 0 Å². The summed E-state index contributed by atoms with van der Waals surface area (Å²) in [6.45, 7) is 1.44. The second-order valence-electron chi connectivity index (χ2n) is 3.14. The molecular formula is C11H14ClN2O4V-5. The van der Waals surface area contributed by atoms with Crippen molar-refractivity contribution in [2.45, 2.75) is 0 Å². The van der Waals surface area contributed by atoms with E-state index in [9.17, 15) is 10.2 Å². The van der Waals surface area contributed by atoms with Gasteiger partial charge in [-0.05, 0) is 12.6 Å². The molecule has 1 aromatic rings. The van der Waals surface area contributed by atoms with E-state index < -0.39 is 0 Å². The van der Waals surface area contributed by atoms with E-state index in [-0.39, 0.29) is 41.9 Å². The van der Waals surface area contributed by atoms with Crippen LogP contribution in [-0.4, -0.2) is 37.9 Å². The van der Waals surface area contributed by atoms with Gasteiger partial charge >= 0.3 is 0 Å². The summed E-state index contributed by atoms with van der Waals surface area (Å²) in [5.41, 5.74) is 0.410. The number of benzene rings is 1. The van der Waals surface area contributed by atoms with E-state index in [1.807, 2.05) is 0 Å². The first kappa shape index (κ1) is 23.5. The van der Waals surface area contributed by atoms with Crippen molar-refractivity contribution in [1.29, 1.82) is 0 Å². The molecule has 0 saturated heterocycles. The van der Waals surface area contributed by atoms with Gasteiger partial charge in [-0.25, -0.2) is 0 Å². The number of nitrogens with one attached hydrogen (secondary N) is 1. The quantitative estimate of drug-likeness (QED) is 0.557. The Morgan fingerprint density at radius 1 is 1.32 bits per heavy atom. The number of rotatable bonds is 6. The molecule has 0 aliphatic rings. The Balaban J connectivity index is -0.000000853. The first-order valence-corrected chi connectivity index (χ1v) is 5.37.